The highest BCUT2D eigenvalue weighted by molar-refractivity contribution is 5.65. The highest BCUT2D eigenvalue weighted by Crippen LogP contribution is 2.20. The lowest BCUT2D eigenvalue weighted by molar-refractivity contribution is 0.963. The van der Waals surface area contributed by atoms with Crippen LogP contribution in [0.5, 0.6) is 0 Å². The van der Waals surface area contributed by atoms with E-state index in [2.05, 4.69) is 20.1 Å². The van der Waals surface area contributed by atoms with E-state index in [9.17, 15) is 0 Å². The maximum absolute atomic E-state index is 5.58. The molecule has 0 aromatic carbocycles. The van der Waals surface area contributed by atoms with Crippen LogP contribution in [0, 0.1) is 6.92 Å². The summed E-state index contributed by atoms with van der Waals surface area (Å²) in [5, 5.41) is 4.10. The van der Waals surface area contributed by atoms with Gasteiger partial charge in [-0.15, -0.1) is 5.10 Å². The molecular formula is C11H10N6. The number of rotatable bonds is 1. The molecular weight excluding hydrogens is 216 g/mol. The molecule has 0 saturated carbocycles. The van der Waals surface area contributed by atoms with Crippen molar-refractivity contribution in [2.45, 2.75) is 6.92 Å². The molecule has 0 atom stereocenters. The Hall–Kier alpha value is -2.50. The minimum atomic E-state index is 0.273. The number of anilines is 1. The third kappa shape index (κ3) is 1.59. The molecule has 0 spiro atoms. The number of nitrogen functional groups attached to an aromatic ring is 1. The van der Waals surface area contributed by atoms with Gasteiger partial charge in [0.25, 0.3) is 0 Å². The van der Waals surface area contributed by atoms with Gasteiger partial charge >= 0.3 is 0 Å². The standard InChI is InChI=1S/C11H10N6/c1-7-2-8(9-3-13-6-14-4-9)5-17-10(7)15-11(12)16-17/h2-6H,1H3,(H2,12,16). The van der Waals surface area contributed by atoms with Crippen LogP contribution in [0.15, 0.2) is 31.0 Å². The van der Waals surface area contributed by atoms with Crippen LogP contribution in [0.3, 0.4) is 0 Å². The van der Waals surface area contributed by atoms with E-state index in [1.165, 1.54) is 6.33 Å². The Morgan fingerprint density at radius 3 is 2.71 bits per heavy atom. The van der Waals surface area contributed by atoms with E-state index in [0.717, 1.165) is 22.3 Å². The van der Waals surface area contributed by atoms with E-state index in [4.69, 9.17) is 5.73 Å². The topological polar surface area (TPSA) is 82.0 Å². The van der Waals surface area contributed by atoms with Crippen molar-refractivity contribution in [1.29, 1.82) is 0 Å². The molecule has 17 heavy (non-hydrogen) atoms. The minimum absolute atomic E-state index is 0.273. The number of nitrogens with zero attached hydrogens (tertiary/aromatic N) is 5. The first-order chi connectivity index (χ1) is 8.24. The molecule has 6 nitrogen and oxygen atoms in total. The number of fused-ring (bicyclic) bond motifs is 1. The molecule has 3 rings (SSSR count). The van der Waals surface area contributed by atoms with Gasteiger partial charge in [-0.3, -0.25) is 0 Å². The maximum atomic E-state index is 5.58. The quantitative estimate of drug-likeness (QED) is 0.671. The summed E-state index contributed by atoms with van der Waals surface area (Å²) in [5.41, 5.74) is 9.28. The molecule has 0 aliphatic carbocycles. The van der Waals surface area contributed by atoms with Crippen molar-refractivity contribution in [3.05, 3.63) is 36.5 Å². The SMILES string of the molecule is Cc1cc(-c2cncnc2)cn2nc(N)nc12. The molecule has 3 aromatic rings. The van der Waals surface area contributed by atoms with Gasteiger partial charge in [0.1, 0.15) is 6.33 Å². The van der Waals surface area contributed by atoms with E-state index >= 15 is 0 Å². The fourth-order valence-corrected chi connectivity index (χ4v) is 1.77. The normalized spacial score (nSPS) is 10.9. The third-order valence-corrected chi connectivity index (χ3v) is 2.53. The number of aromatic nitrogens is 5. The number of hydrogen-bond acceptors (Lipinski definition) is 5. The summed E-state index contributed by atoms with van der Waals surface area (Å²) < 4.78 is 1.67. The zero-order valence-electron chi connectivity index (χ0n) is 9.20. The molecule has 3 aromatic heterocycles. The summed E-state index contributed by atoms with van der Waals surface area (Å²) in [4.78, 5) is 12.1. The van der Waals surface area contributed by atoms with Crippen molar-refractivity contribution in [2.24, 2.45) is 0 Å². The Morgan fingerprint density at radius 1 is 1.18 bits per heavy atom. The van der Waals surface area contributed by atoms with E-state index < -0.39 is 0 Å². The second kappa shape index (κ2) is 3.51. The van der Waals surface area contributed by atoms with Gasteiger partial charge in [0.15, 0.2) is 5.65 Å². The van der Waals surface area contributed by atoms with Crippen molar-refractivity contribution in [2.75, 3.05) is 5.73 Å². The number of nitrogens with two attached hydrogens (primary N) is 1. The predicted molar refractivity (Wildman–Crippen MR) is 63.2 cm³/mol. The first kappa shape index (κ1) is 9.71. The molecule has 0 bridgehead atoms. The van der Waals surface area contributed by atoms with Crippen LogP contribution in [0.2, 0.25) is 0 Å². The summed E-state index contributed by atoms with van der Waals surface area (Å²) in [6.45, 7) is 1.97. The van der Waals surface area contributed by atoms with Gasteiger partial charge in [0.2, 0.25) is 5.95 Å². The average Bonchev–Trinajstić information content (AvgIpc) is 2.71. The Kier molecular flexibility index (Phi) is 2.01. The van der Waals surface area contributed by atoms with Crippen molar-refractivity contribution >= 4 is 11.6 Å². The third-order valence-electron chi connectivity index (χ3n) is 2.53. The van der Waals surface area contributed by atoms with Crippen LogP contribution in [0.25, 0.3) is 16.8 Å². The van der Waals surface area contributed by atoms with Crippen molar-refractivity contribution in [3.63, 3.8) is 0 Å². The molecule has 3 heterocycles. The smallest absolute Gasteiger partial charge is 0.240 e. The van der Waals surface area contributed by atoms with Gasteiger partial charge < -0.3 is 5.73 Å². The van der Waals surface area contributed by atoms with Gasteiger partial charge in [-0.2, -0.15) is 4.98 Å². The summed E-state index contributed by atoms with van der Waals surface area (Å²) >= 11 is 0. The van der Waals surface area contributed by atoms with Gasteiger partial charge in [0, 0.05) is 29.7 Å². The molecule has 0 amide bonds. The highest BCUT2D eigenvalue weighted by atomic mass is 15.3. The second-order valence-corrected chi connectivity index (χ2v) is 3.78. The van der Waals surface area contributed by atoms with Crippen LogP contribution >= 0.6 is 0 Å². The van der Waals surface area contributed by atoms with Crippen molar-refractivity contribution < 1.29 is 0 Å². The zero-order chi connectivity index (χ0) is 11.8. The van der Waals surface area contributed by atoms with Crippen LogP contribution < -0.4 is 5.73 Å². The van der Waals surface area contributed by atoms with E-state index in [0.29, 0.717) is 0 Å². The molecule has 0 radical (unpaired) electrons. The number of hydrogen-bond donors (Lipinski definition) is 1. The van der Waals surface area contributed by atoms with E-state index in [1.807, 2.05) is 19.2 Å². The summed E-state index contributed by atoms with van der Waals surface area (Å²) in [5.74, 6) is 0.273. The molecule has 84 valence electrons. The second-order valence-electron chi connectivity index (χ2n) is 3.78. The largest absolute Gasteiger partial charge is 0.366 e. The lowest BCUT2D eigenvalue weighted by Crippen LogP contribution is -1.93. The van der Waals surface area contributed by atoms with Crippen LogP contribution in [-0.4, -0.2) is 24.6 Å². The highest BCUT2D eigenvalue weighted by Gasteiger charge is 2.07. The fourth-order valence-electron chi connectivity index (χ4n) is 1.77. The molecule has 0 aliphatic heterocycles. The Balaban J connectivity index is 2.25. The van der Waals surface area contributed by atoms with Gasteiger partial charge in [-0.1, -0.05) is 0 Å². The van der Waals surface area contributed by atoms with Gasteiger partial charge in [-0.05, 0) is 18.6 Å². The minimum Gasteiger partial charge on any atom is -0.366 e. The summed E-state index contributed by atoms with van der Waals surface area (Å²) in [6, 6.07) is 2.02. The van der Waals surface area contributed by atoms with Crippen LogP contribution in [0.1, 0.15) is 5.56 Å². The average molecular weight is 226 g/mol. The van der Waals surface area contributed by atoms with Gasteiger partial charge in [-0.25, -0.2) is 14.5 Å². The predicted octanol–water partition coefficient (Wildman–Crippen LogP) is 1.08. The molecule has 0 fully saturated rings. The lowest BCUT2D eigenvalue weighted by Gasteiger charge is -2.03. The first-order valence-corrected chi connectivity index (χ1v) is 5.12. The molecule has 0 saturated heterocycles. The van der Waals surface area contributed by atoms with Crippen LogP contribution in [-0.2, 0) is 0 Å². The van der Waals surface area contributed by atoms with Gasteiger partial charge in [0.05, 0.1) is 0 Å². The summed E-state index contributed by atoms with van der Waals surface area (Å²) in [7, 11) is 0. The molecule has 6 heteroatoms. The summed E-state index contributed by atoms with van der Waals surface area (Å²) in [6.07, 6.45) is 6.88. The number of pyridine rings is 1. The first-order valence-electron chi connectivity index (χ1n) is 5.12. The Bertz CT molecular complexity index is 673. The monoisotopic (exact) mass is 226 g/mol. The Labute approximate surface area is 97.2 Å². The maximum Gasteiger partial charge on any atom is 0.240 e. The zero-order valence-corrected chi connectivity index (χ0v) is 9.20. The van der Waals surface area contributed by atoms with Crippen LogP contribution in [0.4, 0.5) is 5.95 Å². The fraction of sp³-hybridized carbons (Fsp3) is 0.0909. The van der Waals surface area contributed by atoms with Crippen molar-refractivity contribution in [1.82, 2.24) is 24.6 Å². The van der Waals surface area contributed by atoms with Crippen molar-refractivity contribution in [3.8, 4) is 11.1 Å². The Morgan fingerprint density at radius 2 is 1.94 bits per heavy atom. The molecule has 0 unspecified atom stereocenters. The van der Waals surface area contributed by atoms with E-state index in [-0.39, 0.29) is 5.95 Å². The van der Waals surface area contributed by atoms with E-state index in [1.54, 1.807) is 16.9 Å². The number of aryl methyl sites for hydroxylation is 1. The molecule has 0 aliphatic rings. The lowest BCUT2D eigenvalue weighted by atomic mass is 10.1. The molecule has 2 N–H and O–H groups in total.